The highest BCUT2D eigenvalue weighted by atomic mass is 16.1. The van der Waals surface area contributed by atoms with Crippen molar-refractivity contribution in [2.45, 2.75) is 26.4 Å². The van der Waals surface area contributed by atoms with Gasteiger partial charge in [0.25, 0.3) is 0 Å². The molecule has 2 aromatic rings. The van der Waals surface area contributed by atoms with Gasteiger partial charge >= 0.3 is 0 Å². The molecule has 0 aliphatic carbocycles. The van der Waals surface area contributed by atoms with E-state index in [4.69, 9.17) is 0 Å². The summed E-state index contributed by atoms with van der Waals surface area (Å²) in [6.07, 6.45) is 1.78. The summed E-state index contributed by atoms with van der Waals surface area (Å²) < 4.78 is 0. The van der Waals surface area contributed by atoms with Crippen LogP contribution in [0.25, 0.3) is 0 Å². The van der Waals surface area contributed by atoms with Gasteiger partial charge in [0.15, 0.2) is 5.78 Å². The van der Waals surface area contributed by atoms with Crippen molar-refractivity contribution in [3.8, 4) is 0 Å². The lowest BCUT2D eigenvalue weighted by Crippen LogP contribution is -2.35. The third kappa shape index (κ3) is 3.80. The monoisotopic (exact) mass is 256 g/mol. The average molecular weight is 256 g/mol. The molecule has 1 heterocycles. The average Bonchev–Trinajstić information content (AvgIpc) is 2.93. The first-order chi connectivity index (χ1) is 9.16. The second-order valence-corrected chi connectivity index (χ2v) is 4.99. The maximum atomic E-state index is 12.1. The Morgan fingerprint density at radius 3 is 2.47 bits per heavy atom. The molecule has 0 saturated carbocycles. The van der Waals surface area contributed by atoms with Gasteiger partial charge in [0.1, 0.15) is 0 Å². The molecule has 3 heteroatoms. The van der Waals surface area contributed by atoms with E-state index >= 15 is 0 Å². The van der Waals surface area contributed by atoms with Crippen molar-refractivity contribution in [1.29, 1.82) is 0 Å². The van der Waals surface area contributed by atoms with Gasteiger partial charge < -0.3 is 4.98 Å². The summed E-state index contributed by atoms with van der Waals surface area (Å²) >= 11 is 0. The fraction of sp³-hybridized carbons (Fsp3) is 0.312. The summed E-state index contributed by atoms with van der Waals surface area (Å²) in [5, 5.41) is 0. The molecule has 0 fully saturated rings. The Labute approximate surface area is 114 Å². The van der Waals surface area contributed by atoms with Crippen LogP contribution in [0.3, 0.4) is 0 Å². The number of benzene rings is 1. The number of rotatable bonds is 6. The number of Topliss-reactive ketones (excluding diaryl/α,β-unsaturated/α-hetero) is 1. The fourth-order valence-electron chi connectivity index (χ4n) is 2.01. The van der Waals surface area contributed by atoms with E-state index in [1.807, 2.05) is 30.3 Å². The van der Waals surface area contributed by atoms with Gasteiger partial charge in [-0.1, -0.05) is 30.3 Å². The Bertz CT molecular complexity index is 503. The number of ketones is 1. The second kappa shape index (κ2) is 6.34. The van der Waals surface area contributed by atoms with Gasteiger partial charge in [0.05, 0.1) is 12.2 Å². The number of hydrogen-bond donors (Lipinski definition) is 1. The SMILES string of the molecule is CC(C)N(CC(=O)c1ccc[nH]1)Cc1ccccc1. The summed E-state index contributed by atoms with van der Waals surface area (Å²) in [4.78, 5) is 17.3. The standard InChI is InChI=1S/C16H20N2O/c1-13(2)18(11-14-7-4-3-5-8-14)12-16(19)15-9-6-10-17-15/h3-10,13,17H,11-12H2,1-2H3. The Morgan fingerprint density at radius 1 is 1.16 bits per heavy atom. The minimum Gasteiger partial charge on any atom is -0.359 e. The molecule has 0 saturated heterocycles. The highest BCUT2D eigenvalue weighted by Gasteiger charge is 2.16. The molecule has 100 valence electrons. The van der Waals surface area contributed by atoms with Crippen molar-refractivity contribution in [3.63, 3.8) is 0 Å². The van der Waals surface area contributed by atoms with Crippen molar-refractivity contribution >= 4 is 5.78 Å². The first kappa shape index (κ1) is 13.6. The van der Waals surface area contributed by atoms with E-state index in [0.29, 0.717) is 18.3 Å². The number of aromatic nitrogens is 1. The summed E-state index contributed by atoms with van der Waals surface area (Å²) in [6.45, 7) is 5.47. The lowest BCUT2D eigenvalue weighted by Gasteiger charge is -2.25. The molecular weight excluding hydrogens is 236 g/mol. The summed E-state index contributed by atoms with van der Waals surface area (Å²) in [5.74, 6) is 0.134. The van der Waals surface area contributed by atoms with Crippen LogP contribution in [0, 0.1) is 0 Å². The Hall–Kier alpha value is -1.87. The van der Waals surface area contributed by atoms with Crippen LogP contribution in [0.1, 0.15) is 29.9 Å². The van der Waals surface area contributed by atoms with Crippen molar-refractivity contribution < 1.29 is 4.79 Å². The van der Waals surface area contributed by atoms with Crippen LogP contribution in [0.15, 0.2) is 48.7 Å². The molecule has 2 rings (SSSR count). The highest BCUT2D eigenvalue weighted by Crippen LogP contribution is 2.09. The number of carbonyl (C=O) groups excluding carboxylic acids is 1. The summed E-state index contributed by atoms with van der Waals surface area (Å²) in [6, 6.07) is 14.3. The lowest BCUT2D eigenvalue weighted by molar-refractivity contribution is 0.0894. The molecule has 0 unspecified atom stereocenters. The first-order valence-corrected chi connectivity index (χ1v) is 6.61. The van der Waals surface area contributed by atoms with Crippen LogP contribution in [-0.4, -0.2) is 28.3 Å². The highest BCUT2D eigenvalue weighted by molar-refractivity contribution is 5.95. The zero-order valence-electron chi connectivity index (χ0n) is 11.5. The molecule has 1 aromatic carbocycles. The smallest absolute Gasteiger partial charge is 0.192 e. The van der Waals surface area contributed by atoms with Gasteiger partial charge in [-0.15, -0.1) is 0 Å². The van der Waals surface area contributed by atoms with E-state index in [9.17, 15) is 4.79 Å². The zero-order valence-corrected chi connectivity index (χ0v) is 11.5. The number of nitrogens with zero attached hydrogens (tertiary/aromatic N) is 1. The van der Waals surface area contributed by atoms with Gasteiger partial charge in [-0.05, 0) is 31.5 Å². The number of aromatic amines is 1. The van der Waals surface area contributed by atoms with Crippen molar-refractivity contribution in [3.05, 3.63) is 59.9 Å². The van der Waals surface area contributed by atoms with Crippen molar-refractivity contribution in [2.24, 2.45) is 0 Å². The minimum absolute atomic E-state index is 0.134. The van der Waals surface area contributed by atoms with Gasteiger partial charge in [-0.25, -0.2) is 0 Å². The molecule has 1 N–H and O–H groups in total. The molecule has 0 atom stereocenters. The molecule has 0 spiro atoms. The molecule has 0 aliphatic rings. The summed E-state index contributed by atoms with van der Waals surface area (Å²) in [7, 11) is 0. The van der Waals surface area contributed by atoms with E-state index in [1.165, 1.54) is 5.56 Å². The molecule has 0 aliphatic heterocycles. The fourth-order valence-corrected chi connectivity index (χ4v) is 2.01. The van der Waals surface area contributed by atoms with E-state index in [0.717, 1.165) is 6.54 Å². The second-order valence-electron chi connectivity index (χ2n) is 4.99. The van der Waals surface area contributed by atoms with Crippen LogP contribution < -0.4 is 0 Å². The Kier molecular flexibility index (Phi) is 4.53. The molecule has 1 aromatic heterocycles. The van der Waals surface area contributed by atoms with Crippen molar-refractivity contribution in [2.75, 3.05) is 6.54 Å². The van der Waals surface area contributed by atoms with E-state index < -0.39 is 0 Å². The van der Waals surface area contributed by atoms with E-state index in [2.05, 4.69) is 35.9 Å². The summed E-state index contributed by atoms with van der Waals surface area (Å²) in [5.41, 5.74) is 1.91. The van der Waals surface area contributed by atoms with Gasteiger partial charge in [0, 0.05) is 18.8 Å². The normalized spacial score (nSPS) is 11.2. The molecule has 0 bridgehead atoms. The van der Waals surface area contributed by atoms with E-state index in [1.54, 1.807) is 6.20 Å². The predicted molar refractivity (Wildman–Crippen MR) is 77.1 cm³/mol. The topological polar surface area (TPSA) is 36.1 Å². The minimum atomic E-state index is 0.134. The van der Waals surface area contributed by atoms with Gasteiger partial charge in [-0.3, -0.25) is 9.69 Å². The third-order valence-corrected chi connectivity index (χ3v) is 3.20. The molecule has 19 heavy (non-hydrogen) atoms. The largest absolute Gasteiger partial charge is 0.359 e. The predicted octanol–water partition coefficient (Wildman–Crippen LogP) is 3.11. The van der Waals surface area contributed by atoms with Gasteiger partial charge in [-0.2, -0.15) is 0 Å². The van der Waals surface area contributed by atoms with Crippen LogP contribution in [0.4, 0.5) is 0 Å². The lowest BCUT2D eigenvalue weighted by atomic mass is 10.1. The Balaban J connectivity index is 2.03. The van der Waals surface area contributed by atoms with E-state index in [-0.39, 0.29) is 5.78 Å². The zero-order chi connectivity index (χ0) is 13.7. The molecular formula is C16H20N2O. The van der Waals surface area contributed by atoms with Crippen molar-refractivity contribution in [1.82, 2.24) is 9.88 Å². The van der Waals surface area contributed by atoms with Crippen LogP contribution in [-0.2, 0) is 6.54 Å². The molecule has 0 amide bonds. The third-order valence-electron chi connectivity index (χ3n) is 3.20. The van der Waals surface area contributed by atoms with Crippen LogP contribution >= 0.6 is 0 Å². The molecule has 0 radical (unpaired) electrons. The maximum absolute atomic E-state index is 12.1. The number of hydrogen-bond acceptors (Lipinski definition) is 2. The first-order valence-electron chi connectivity index (χ1n) is 6.61. The maximum Gasteiger partial charge on any atom is 0.192 e. The molecule has 3 nitrogen and oxygen atoms in total. The Morgan fingerprint density at radius 2 is 1.89 bits per heavy atom. The quantitative estimate of drug-likeness (QED) is 0.806. The number of carbonyl (C=O) groups is 1. The van der Waals surface area contributed by atoms with Gasteiger partial charge in [0.2, 0.25) is 0 Å². The van der Waals surface area contributed by atoms with Crippen LogP contribution in [0.5, 0.6) is 0 Å². The number of nitrogens with one attached hydrogen (secondary N) is 1. The number of H-pyrrole nitrogens is 1. The van der Waals surface area contributed by atoms with Crippen LogP contribution in [0.2, 0.25) is 0 Å².